The van der Waals surface area contributed by atoms with Gasteiger partial charge in [-0.25, -0.2) is 0 Å². The van der Waals surface area contributed by atoms with Crippen molar-refractivity contribution in [2.24, 2.45) is 11.8 Å². The van der Waals surface area contributed by atoms with Gasteiger partial charge in [0, 0.05) is 44.4 Å². The maximum atomic E-state index is 11.9. The Bertz CT molecular complexity index is 318. The lowest BCUT2D eigenvalue weighted by Crippen LogP contribution is -2.49. The molecular formula is C16H30N2O2. The van der Waals surface area contributed by atoms with Gasteiger partial charge in [-0.15, -0.1) is 0 Å². The Hall–Kier alpha value is -0.900. The summed E-state index contributed by atoms with van der Waals surface area (Å²) in [5.74, 6) is 0.911. The van der Waals surface area contributed by atoms with E-state index in [9.17, 15) is 9.59 Å². The first-order valence-corrected chi connectivity index (χ1v) is 7.95. The summed E-state index contributed by atoms with van der Waals surface area (Å²) >= 11 is 0. The number of ketones is 1. The quantitative estimate of drug-likeness (QED) is 0.672. The van der Waals surface area contributed by atoms with Crippen LogP contribution in [0.1, 0.15) is 47.0 Å². The molecule has 0 spiro atoms. The van der Waals surface area contributed by atoms with E-state index in [0.29, 0.717) is 12.2 Å². The fraction of sp³-hybridized carbons (Fsp3) is 0.875. The molecule has 0 unspecified atom stereocenters. The predicted octanol–water partition coefficient (Wildman–Crippen LogP) is 2.18. The first kappa shape index (κ1) is 17.2. The maximum Gasteiger partial charge on any atom is 0.225 e. The summed E-state index contributed by atoms with van der Waals surface area (Å²) in [6, 6.07) is 0. The van der Waals surface area contributed by atoms with Gasteiger partial charge in [-0.05, 0) is 19.4 Å². The van der Waals surface area contributed by atoms with Gasteiger partial charge in [-0.1, -0.05) is 27.7 Å². The second-order valence-corrected chi connectivity index (χ2v) is 6.40. The minimum absolute atomic E-state index is 0.101. The Balaban J connectivity index is 2.14. The number of hydrogen-bond acceptors (Lipinski definition) is 3. The average molecular weight is 282 g/mol. The van der Waals surface area contributed by atoms with Crippen LogP contribution in [-0.2, 0) is 9.59 Å². The van der Waals surface area contributed by atoms with Gasteiger partial charge in [0.25, 0.3) is 0 Å². The SMILES string of the molecule is CC(C)C(=O)CCCCN1CCN(C(=O)C(C)C)CC1. The fourth-order valence-electron chi connectivity index (χ4n) is 2.48. The van der Waals surface area contributed by atoms with E-state index in [1.54, 1.807) is 0 Å². The molecule has 0 bridgehead atoms. The van der Waals surface area contributed by atoms with Gasteiger partial charge in [-0.2, -0.15) is 0 Å². The highest BCUT2D eigenvalue weighted by Gasteiger charge is 2.22. The summed E-state index contributed by atoms with van der Waals surface area (Å²) in [6.45, 7) is 12.5. The van der Waals surface area contributed by atoms with Gasteiger partial charge in [0.1, 0.15) is 5.78 Å². The number of amides is 1. The molecule has 1 aliphatic rings. The third-order valence-corrected chi connectivity index (χ3v) is 3.97. The Morgan fingerprint density at radius 2 is 1.50 bits per heavy atom. The molecule has 1 heterocycles. The van der Waals surface area contributed by atoms with E-state index in [1.165, 1.54) is 0 Å². The standard InChI is InChI=1S/C16H30N2O2/c1-13(2)15(19)7-5-6-8-17-9-11-18(12-10-17)16(20)14(3)4/h13-14H,5-12H2,1-4H3. The molecule has 0 atom stereocenters. The highest BCUT2D eigenvalue weighted by molar-refractivity contribution is 5.80. The summed E-state index contributed by atoms with van der Waals surface area (Å²) in [6.07, 6.45) is 2.78. The highest BCUT2D eigenvalue weighted by Crippen LogP contribution is 2.09. The van der Waals surface area contributed by atoms with Crippen LogP contribution >= 0.6 is 0 Å². The molecule has 0 aliphatic carbocycles. The molecule has 20 heavy (non-hydrogen) atoms. The number of Topliss-reactive ketones (excluding diaryl/α,β-unsaturated/α-hetero) is 1. The molecule has 1 fully saturated rings. The van der Waals surface area contributed by atoms with Crippen molar-refractivity contribution in [2.45, 2.75) is 47.0 Å². The molecule has 4 heteroatoms. The summed E-state index contributed by atoms with van der Waals surface area (Å²) < 4.78 is 0. The topological polar surface area (TPSA) is 40.6 Å². The number of rotatable bonds is 7. The van der Waals surface area contributed by atoms with Crippen molar-refractivity contribution in [3.8, 4) is 0 Å². The molecule has 1 amide bonds. The maximum absolute atomic E-state index is 11.9. The molecule has 0 radical (unpaired) electrons. The van der Waals surface area contributed by atoms with Gasteiger partial charge < -0.3 is 4.90 Å². The monoisotopic (exact) mass is 282 g/mol. The Morgan fingerprint density at radius 3 is 2.00 bits per heavy atom. The van der Waals surface area contributed by atoms with Crippen molar-refractivity contribution in [2.75, 3.05) is 32.7 Å². The number of unbranched alkanes of at least 4 members (excludes halogenated alkanes) is 1. The second kappa shape index (κ2) is 8.40. The predicted molar refractivity (Wildman–Crippen MR) is 81.6 cm³/mol. The molecule has 0 N–H and O–H groups in total. The lowest BCUT2D eigenvalue weighted by Gasteiger charge is -2.35. The number of piperazine rings is 1. The van der Waals surface area contributed by atoms with Crippen molar-refractivity contribution in [3.05, 3.63) is 0 Å². The van der Waals surface area contributed by atoms with Crippen LogP contribution in [-0.4, -0.2) is 54.2 Å². The van der Waals surface area contributed by atoms with Crippen molar-refractivity contribution in [1.82, 2.24) is 9.80 Å². The van der Waals surface area contributed by atoms with Crippen molar-refractivity contribution in [3.63, 3.8) is 0 Å². The summed E-state index contributed by atoms with van der Waals surface area (Å²) in [7, 11) is 0. The molecule has 1 rings (SSSR count). The van der Waals surface area contributed by atoms with E-state index in [-0.39, 0.29) is 17.7 Å². The summed E-state index contributed by atoms with van der Waals surface area (Å²) in [4.78, 5) is 27.8. The minimum atomic E-state index is 0.101. The molecule has 1 aliphatic heterocycles. The summed E-state index contributed by atoms with van der Waals surface area (Å²) in [5.41, 5.74) is 0. The van der Waals surface area contributed by atoms with Gasteiger partial charge in [0.05, 0.1) is 0 Å². The van der Waals surface area contributed by atoms with Crippen LogP contribution in [0, 0.1) is 11.8 Å². The lowest BCUT2D eigenvalue weighted by atomic mass is 10.0. The first-order chi connectivity index (χ1) is 9.41. The van der Waals surface area contributed by atoms with Crippen molar-refractivity contribution in [1.29, 1.82) is 0 Å². The molecular weight excluding hydrogens is 252 g/mol. The van der Waals surface area contributed by atoms with E-state index in [1.807, 2.05) is 32.6 Å². The first-order valence-electron chi connectivity index (χ1n) is 7.95. The van der Waals surface area contributed by atoms with Crippen LogP contribution in [0.5, 0.6) is 0 Å². The van der Waals surface area contributed by atoms with Gasteiger partial charge in [-0.3, -0.25) is 14.5 Å². The zero-order chi connectivity index (χ0) is 15.1. The third kappa shape index (κ3) is 5.61. The Labute approximate surface area is 123 Å². The average Bonchev–Trinajstić information content (AvgIpc) is 2.43. The molecule has 1 saturated heterocycles. The molecule has 4 nitrogen and oxygen atoms in total. The number of nitrogens with zero attached hydrogens (tertiary/aromatic N) is 2. The van der Waals surface area contributed by atoms with Gasteiger partial charge in [0.2, 0.25) is 5.91 Å². The van der Waals surface area contributed by atoms with Gasteiger partial charge >= 0.3 is 0 Å². The van der Waals surface area contributed by atoms with Crippen LogP contribution in [0.15, 0.2) is 0 Å². The van der Waals surface area contributed by atoms with Crippen LogP contribution in [0.2, 0.25) is 0 Å². The summed E-state index contributed by atoms with van der Waals surface area (Å²) in [5, 5.41) is 0. The number of carbonyl (C=O) groups excluding carboxylic acids is 2. The van der Waals surface area contributed by atoms with Crippen LogP contribution in [0.3, 0.4) is 0 Å². The smallest absolute Gasteiger partial charge is 0.225 e. The lowest BCUT2D eigenvalue weighted by molar-refractivity contribution is -0.136. The Kier molecular flexibility index (Phi) is 7.20. The van der Waals surface area contributed by atoms with E-state index in [2.05, 4.69) is 4.90 Å². The fourth-order valence-corrected chi connectivity index (χ4v) is 2.48. The minimum Gasteiger partial charge on any atom is -0.340 e. The zero-order valence-corrected chi connectivity index (χ0v) is 13.5. The molecule has 0 saturated carbocycles. The highest BCUT2D eigenvalue weighted by atomic mass is 16.2. The van der Waals surface area contributed by atoms with Crippen LogP contribution < -0.4 is 0 Å². The number of hydrogen-bond donors (Lipinski definition) is 0. The van der Waals surface area contributed by atoms with Crippen LogP contribution in [0.25, 0.3) is 0 Å². The number of carbonyl (C=O) groups is 2. The normalized spacial score (nSPS) is 17.0. The largest absolute Gasteiger partial charge is 0.340 e. The van der Waals surface area contributed by atoms with E-state index in [4.69, 9.17) is 0 Å². The van der Waals surface area contributed by atoms with E-state index in [0.717, 1.165) is 45.6 Å². The molecule has 116 valence electrons. The Morgan fingerprint density at radius 1 is 0.900 bits per heavy atom. The molecule has 0 aromatic heterocycles. The van der Waals surface area contributed by atoms with Crippen LogP contribution in [0.4, 0.5) is 0 Å². The van der Waals surface area contributed by atoms with Crippen molar-refractivity contribution >= 4 is 11.7 Å². The second-order valence-electron chi connectivity index (χ2n) is 6.40. The van der Waals surface area contributed by atoms with Crippen molar-refractivity contribution < 1.29 is 9.59 Å². The molecule has 0 aromatic carbocycles. The third-order valence-electron chi connectivity index (χ3n) is 3.97. The van der Waals surface area contributed by atoms with E-state index < -0.39 is 0 Å². The molecule has 0 aromatic rings. The van der Waals surface area contributed by atoms with E-state index >= 15 is 0 Å². The van der Waals surface area contributed by atoms with Gasteiger partial charge in [0.15, 0.2) is 0 Å². The zero-order valence-electron chi connectivity index (χ0n) is 13.5.